The third-order valence-corrected chi connectivity index (χ3v) is 4.39. The molecule has 1 aliphatic heterocycles. The highest BCUT2D eigenvalue weighted by Crippen LogP contribution is 2.22. The normalized spacial score (nSPS) is 22.3. The molecular weight excluding hydrogens is 302 g/mol. The van der Waals surface area contributed by atoms with E-state index in [4.69, 9.17) is 16.3 Å². The molecule has 1 N–H and O–H groups in total. The highest BCUT2D eigenvalue weighted by molar-refractivity contribution is 6.30. The lowest BCUT2D eigenvalue weighted by Crippen LogP contribution is -2.32. The largest absolute Gasteiger partial charge is 0.395 e. The summed E-state index contributed by atoms with van der Waals surface area (Å²) >= 11 is 5.91. The Labute approximate surface area is 135 Å². The van der Waals surface area contributed by atoms with Crippen LogP contribution < -0.4 is 0 Å². The molecule has 3 rings (SSSR count). The quantitative estimate of drug-likeness (QED) is 0.916. The van der Waals surface area contributed by atoms with Gasteiger partial charge in [0, 0.05) is 37.5 Å². The van der Waals surface area contributed by atoms with Crippen molar-refractivity contribution in [3.05, 3.63) is 47.2 Å². The fraction of sp³-hybridized carbons (Fsp3) is 0.438. The molecule has 0 unspecified atom stereocenters. The molecule has 118 valence electrons. The third kappa shape index (κ3) is 3.33. The van der Waals surface area contributed by atoms with Crippen LogP contribution >= 0.6 is 11.6 Å². The van der Waals surface area contributed by atoms with Crippen molar-refractivity contribution in [2.45, 2.75) is 25.1 Å². The number of nitrogens with zero attached hydrogens (tertiary/aromatic N) is 3. The molecule has 22 heavy (non-hydrogen) atoms. The summed E-state index contributed by atoms with van der Waals surface area (Å²) in [6, 6.07) is 9.72. The maximum absolute atomic E-state index is 9.50. The van der Waals surface area contributed by atoms with Crippen LogP contribution in [0.2, 0.25) is 5.02 Å². The summed E-state index contributed by atoms with van der Waals surface area (Å²) in [6.07, 6.45) is 3.00. The summed E-state index contributed by atoms with van der Waals surface area (Å²) in [4.78, 5) is 2.22. The second-order valence-electron chi connectivity index (χ2n) is 5.59. The van der Waals surface area contributed by atoms with Crippen LogP contribution in [0.5, 0.6) is 0 Å². The van der Waals surface area contributed by atoms with Gasteiger partial charge in [-0.25, -0.2) is 4.68 Å². The minimum absolute atomic E-state index is 0.144. The molecule has 2 aromatic rings. The number of aromatic nitrogens is 2. The van der Waals surface area contributed by atoms with Gasteiger partial charge < -0.3 is 9.84 Å². The summed E-state index contributed by atoms with van der Waals surface area (Å²) < 4.78 is 7.24. The molecule has 1 aliphatic rings. The van der Waals surface area contributed by atoms with E-state index in [0.29, 0.717) is 11.6 Å². The van der Waals surface area contributed by atoms with E-state index < -0.39 is 0 Å². The molecule has 6 heteroatoms. The lowest BCUT2D eigenvalue weighted by molar-refractivity contribution is 0.107. The molecule has 2 heterocycles. The van der Waals surface area contributed by atoms with Crippen LogP contribution in [-0.4, -0.2) is 52.2 Å². The molecule has 0 spiro atoms. The Kier molecular flexibility index (Phi) is 4.78. The number of hydrogen-bond acceptors (Lipinski definition) is 4. The molecule has 0 radical (unpaired) electrons. The van der Waals surface area contributed by atoms with Crippen molar-refractivity contribution in [1.82, 2.24) is 14.7 Å². The minimum atomic E-state index is 0.144. The number of aliphatic hydroxyl groups excluding tert-OH is 1. The number of halogens is 1. The fourth-order valence-corrected chi connectivity index (χ4v) is 3.01. The Morgan fingerprint density at radius 3 is 2.77 bits per heavy atom. The van der Waals surface area contributed by atoms with E-state index in [9.17, 15) is 5.11 Å². The maximum Gasteiger partial charge on any atom is 0.0769 e. The molecule has 5 nitrogen and oxygen atoms in total. The standard InChI is InChI=1S/C16H20ClN3O2/c1-22-16-8-15(11-21)19(10-16)9-13-6-7-20(18-13)14-4-2-12(17)3-5-14/h2-7,15-16,21H,8-11H2,1H3/t15-,16-/m0/s1. The zero-order valence-corrected chi connectivity index (χ0v) is 13.3. The Balaban J connectivity index is 1.70. The van der Waals surface area contributed by atoms with Crippen molar-refractivity contribution in [3.63, 3.8) is 0 Å². The highest BCUT2D eigenvalue weighted by atomic mass is 35.5. The van der Waals surface area contributed by atoms with Crippen LogP contribution in [0.3, 0.4) is 0 Å². The van der Waals surface area contributed by atoms with Crippen molar-refractivity contribution in [3.8, 4) is 5.69 Å². The summed E-state index contributed by atoms with van der Waals surface area (Å²) in [7, 11) is 1.72. The number of likely N-dealkylation sites (tertiary alicyclic amines) is 1. The van der Waals surface area contributed by atoms with Crippen LogP contribution in [-0.2, 0) is 11.3 Å². The highest BCUT2D eigenvalue weighted by Gasteiger charge is 2.31. The topological polar surface area (TPSA) is 50.5 Å². The SMILES string of the molecule is CO[C@H]1C[C@@H](CO)N(Cc2ccn(-c3ccc(Cl)cc3)n2)C1. The van der Waals surface area contributed by atoms with E-state index in [1.54, 1.807) is 7.11 Å². The zero-order valence-electron chi connectivity index (χ0n) is 12.5. The first kappa shape index (κ1) is 15.5. The van der Waals surface area contributed by atoms with Crippen LogP contribution in [0, 0.1) is 0 Å². The molecular formula is C16H20ClN3O2. The molecule has 1 aromatic heterocycles. The number of rotatable bonds is 5. The van der Waals surface area contributed by atoms with Crippen molar-refractivity contribution in [1.29, 1.82) is 0 Å². The first-order valence-electron chi connectivity index (χ1n) is 7.38. The minimum Gasteiger partial charge on any atom is -0.395 e. The van der Waals surface area contributed by atoms with E-state index in [1.165, 1.54) is 0 Å². The lowest BCUT2D eigenvalue weighted by Gasteiger charge is -2.20. The third-order valence-electron chi connectivity index (χ3n) is 4.13. The first-order chi connectivity index (χ1) is 10.7. The summed E-state index contributed by atoms with van der Waals surface area (Å²) in [5.41, 5.74) is 1.95. The molecule has 1 aromatic carbocycles. The molecule has 2 atom stereocenters. The Bertz CT molecular complexity index is 614. The molecule has 1 fully saturated rings. The summed E-state index contributed by atoms with van der Waals surface area (Å²) in [6.45, 7) is 1.69. The van der Waals surface area contributed by atoms with Crippen molar-refractivity contribution >= 4 is 11.6 Å². The smallest absolute Gasteiger partial charge is 0.0769 e. The van der Waals surface area contributed by atoms with Crippen LogP contribution in [0.4, 0.5) is 0 Å². The first-order valence-corrected chi connectivity index (χ1v) is 7.75. The van der Waals surface area contributed by atoms with E-state index in [0.717, 1.165) is 24.3 Å². The van der Waals surface area contributed by atoms with E-state index >= 15 is 0 Å². The van der Waals surface area contributed by atoms with E-state index in [1.807, 2.05) is 41.2 Å². The molecule has 1 saturated heterocycles. The van der Waals surface area contributed by atoms with Gasteiger partial charge in [-0.3, -0.25) is 4.90 Å². The van der Waals surface area contributed by atoms with Gasteiger partial charge >= 0.3 is 0 Å². The van der Waals surface area contributed by atoms with Gasteiger partial charge in [0.15, 0.2) is 0 Å². The number of benzene rings is 1. The second-order valence-corrected chi connectivity index (χ2v) is 6.02. The summed E-state index contributed by atoms with van der Waals surface area (Å²) in [5.74, 6) is 0. The fourth-order valence-electron chi connectivity index (χ4n) is 2.88. The van der Waals surface area contributed by atoms with Gasteiger partial charge in [0.1, 0.15) is 0 Å². The lowest BCUT2D eigenvalue weighted by atomic mass is 10.2. The van der Waals surface area contributed by atoms with Gasteiger partial charge in [-0.05, 0) is 36.8 Å². The maximum atomic E-state index is 9.50. The number of ether oxygens (including phenoxy) is 1. The predicted molar refractivity (Wildman–Crippen MR) is 85.3 cm³/mol. The van der Waals surface area contributed by atoms with Crippen LogP contribution in [0.25, 0.3) is 5.69 Å². The number of hydrogen-bond donors (Lipinski definition) is 1. The van der Waals surface area contributed by atoms with Gasteiger partial charge in [0.25, 0.3) is 0 Å². The molecule has 0 bridgehead atoms. The Morgan fingerprint density at radius 1 is 1.32 bits per heavy atom. The van der Waals surface area contributed by atoms with Crippen molar-refractivity contribution in [2.75, 3.05) is 20.3 Å². The predicted octanol–water partition coefficient (Wildman–Crippen LogP) is 2.11. The molecule has 0 amide bonds. The zero-order chi connectivity index (χ0) is 15.5. The summed E-state index contributed by atoms with van der Waals surface area (Å²) in [5, 5.41) is 14.8. The monoisotopic (exact) mass is 321 g/mol. The van der Waals surface area contributed by atoms with Gasteiger partial charge in [-0.15, -0.1) is 0 Å². The van der Waals surface area contributed by atoms with Crippen molar-refractivity contribution < 1.29 is 9.84 Å². The molecule has 0 aliphatic carbocycles. The Morgan fingerprint density at radius 2 is 2.09 bits per heavy atom. The number of methoxy groups -OCH3 is 1. The van der Waals surface area contributed by atoms with Crippen LogP contribution in [0.15, 0.2) is 36.5 Å². The average molecular weight is 322 g/mol. The van der Waals surface area contributed by atoms with Crippen LogP contribution in [0.1, 0.15) is 12.1 Å². The Hall–Kier alpha value is -1.40. The molecule has 0 saturated carbocycles. The second kappa shape index (κ2) is 6.79. The number of aliphatic hydroxyl groups is 1. The van der Waals surface area contributed by atoms with E-state index in [2.05, 4.69) is 10.00 Å². The van der Waals surface area contributed by atoms with Gasteiger partial charge in [0.2, 0.25) is 0 Å². The average Bonchev–Trinajstić information content (AvgIpc) is 3.15. The van der Waals surface area contributed by atoms with Gasteiger partial charge in [0.05, 0.1) is 24.1 Å². The van der Waals surface area contributed by atoms with Gasteiger partial charge in [-0.2, -0.15) is 5.10 Å². The van der Waals surface area contributed by atoms with Gasteiger partial charge in [-0.1, -0.05) is 11.6 Å². The van der Waals surface area contributed by atoms with E-state index in [-0.39, 0.29) is 18.8 Å². The van der Waals surface area contributed by atoms with Crippen molar-refractivity contribution in [2.24, 2.45) is 0 Å².